The molecule has 1 N–H and O–H groups in total. The number of rotatable bonds is 4. The average Bonchev–Trinajstić information content (AvgIpc) is 2.49. The van der Waals surface area contributed by atoms with Gasteiger partial charge in [0, 0.05) is 24.0 Å². The highest BCUT2D eigenvalue weighted by atomic mass is 32.2. The molecule has 2 rings (SSSR count). The van der Waals surface area contributed by atoms with Crippen molar-refractivity contribution in [3.63, 3.8) is 0 Å². The van der Waals surface area contributed by atoms with Crippen LogP contribution in [0.5, 0.6) is 0 Å². The van der Waals surface area contributed by atoms with Crippen LogP contribution in [-0.4, -0.2) is 26.7 Å². The quantitative estimate of drug-likeness (QED) is 0.664. The van der Waals surface area contributed by atoms with E-state index in [1.165, 1.54) is 6.20 Å². The van der Waals surface area contributed by atoms with E-state index >= 15 is 0 Å². The van der Waals surface area contributed by atoms with Crippen LogP contribution >= 0.6 is 24.0 Å². The van der Waals surface area contributed by atoms with Gasteiger partial charge in [-0.1, -0.05) is 42.5 Å². The van der Waals surface area contributed by atoms with E-state index in [1.54, 1.807) is 4.90 Å². The van der Waals surface area contributed by atoms with Gasteiger partial charge in [0.05, 0.1) is 0 Å². The number of ether oxygens (including phenoxy) is 1. The third-order valence-electron chi connectivity index (χ3n) is 3.01. The predicted molar refractivity (Wildman–Crippen MR) is 89.9 cm³/mol. The number of thiocarbonyl (C=S) groups is 1. The number of nitrogens with zero attached hydrogens (tertiary/aromatic N) is 1. The predicted octanol–water partition coefficient (Wildman–Crippen LogP) is 3.79. The second-order valence-corrected chi connectivity index (χ2v) is 6.41. The van der Waals surface area contributed by atoms with Gasteiger partial charge >= 0.3 is 5.30 Å². The molecule has 0 radical (unpaired) electrons. The van der Waals surface area contributed by atoms with Gasteiger partial charge < -0.3 is 15.0 Å². The van der Waals surface area contributed by atoms with Crippen molar-refractivity contribution in [1.29, 1.82) is 0 Å². The van der Waals surface area contributed by atoms with Gasteiger partial charge in [-0.25, -0.2) is 9.18 Å². The first-order chi connectivity index (χ1) is 10.5. The molecule has 1 aromatic rings. The lowest BCUT2D eigenvalue weighted by molar-refractivity contribution is 0.167. The summed E-state index contributed by atoms with van der Waals surface area (Å²) in [6.07, 6.45) is 1.33. The maximum absolute atomic E-state index is 13.6. The second-order valence-electron chi connectivity index (χ2n) is 4.99. The lowest BCUT2D eigenvalue weighted by atomic mass is 10.2. The highest BCUT2D eigenvalue weighted by Crippen LogP contribution is 2.24. The normalized spacial score (nSPS) is 18.0. The monoisotopic (exact) mass is 340 g/mol. The molecular weight excluding hydrogens is 323 g/mol. The summed E-state index contributed by atoms with van der Waals surface area (Å²) < 4.78 is 18.8. The van der Waals surface area contributed by atoms with Crippen molar-refractivity contribution in [1.82, 2.24) is 10.2 Å². The molecule has 4 nitrogen and oxygen atoms in total. The topological polar surface area (TPSA) is 41.6 Å². The number of benzene rings is 1. The van der Waals surface area contributed by atoms with Crippen LogP contribution in [0.3, 0.4) is 0 Å². The van der Waals surface area contributed by atoms with Crippen LogP contribution in [0.1, 0.15) is 19.4 Å². The van der Waals surface area contributed by atoms with Gasteiger partial charge in [-0.05, 0) is 19.4 Å². The van der Waals surface area contributed by atoms with E-state index in [1.807, 2.05) is 44.2 Å². The summed E-state index contributed by atoms with van der Waals surface area (Å²) in [6, 6.07) is 9.43. The van der Waals surface area contributed by atoms with E-state index in [0.717, 1.165) is 17.3 Å². The van der Waals surface area contributed by atoms with E-state index in [4.69, 9.17) is 17.0 Å². The van der Waals surface area contributed by atoms with Crippen LogP contribution in [0.15, 0.2) is 42.4 Å². The van der Waals surface area contributed by atoms with Gasteiger partial charge in [0.1, 0.15) is 11.6 Å². The first-order valence-electron chi connectivity index (χ1n) is 6.80. The Morgan fingerprint density at radius 2 is 2.14 bits per heavy atom. The van der Waals surface area contributed by atoms with Crippen molar-refractivity contribution in [2.45, 2.75) is 32.0 Å². The molecule has 0 amide bonds. The van der Waals surface area contributed by atoms with Gasteiger partial charge in [-0.2, -0.15) is 0 Å². The molecule has 1 atom stereocenters. The van der Waals surface area contributed by atoms with Crippen molar-refractivity contribution in [3.8, 4) is 0 Å². The van der Waals surface area contributed by atoms with Gasteiger partial charge in [-0.3, -0.25) is 0 Å². The first-order valence-corrected chi connectivity index (χ1v) is 8.09. The Kier molecular flexibility index (Phi) is 5.79. The summed E-state index contributed by atoms with van der Waals surface area (Å²) >= 11 is 5.83. The number of hydrogen-bond acceptors (Lipinski definition) is 5. The molecule has 0 spiro atoms. The van der Waals surface area contributed by atoms with Crippen LogP contribution in [0, 0.1) is 0 Å². The summed E-state index contributed by atoms with van der Waals surface area (Å²) in [6.45, 7) is 4.01. The molecule has 0 fully saturated rings. The summed E-state index contributed by atoms with van der Waals surface area (Å²) in [7, 11) is 0. The molecule has 1 aliphatic heterocycles. The zero-order valence-corrected chi connectivity index (χ0v) is 13.9. The molecule has 1 heterocycles. The maximum atomic E-state index is 13.6. The largest absolute Gasteiger partial charge is 0.453 e. The van der Waals surface area contributed by atoms with Gasteiger partial charge in [-0.15, -0.1) is 0 Å². The van der Waals surface area contributed by atoms with Crippen LogP contribution < -0.4 is 5.32 Å². The minimum absolute atomic E-state index is 0.00487. The number of hydrogen-bond donors (Lipinski definition) is 1. The van der Waals surface area contributed by atoms with Gasteiger partial charge in [0.15, 0.2) is 11.3 Å². The third-order valence-corrected chi connectivity index (χ3v) is 4.22. The summed E-state index contributed by atoms with van der Waals surface area (Å²) in [5.41, 5.74) is 0.436. The molecule has 0 aliphatic carbocycles. The Balaban J connectivity index is 1.93. The Morgan fingerprint density at radius 3 is 2.77 bits per heavy atom. The molecular formula is C15H17FN2O2S2. The van der Waals surface area contributed by atoms with Crippen molar-refractivity contribution >= 4 is 34.3 Å². The fourth-order valence-electron chi connectivity index (χ4n) is 1.86. The van der Waals surface area contributed by atoms with Crippen molar-refractivity contribution in [2.24, 2.45) is 0 Å². The van der Waals surface area contributed by atoms with Crippen molar-refractivity contribution in [3.05, 3.63) is 47.9 Å². The Labute approximate surface area is 138 Å². The fourth-order valence-corrected chi connectivity index (χ4v) is 3.02. The minimum atomic E-state index is -0.502. The highest BCUT2D eigenvalue weighted by molar-refractivity contribution is 8.13. The summed E-state index contributed by atoms with van der Waals surface area (Å²) in [4.78, 5) is 13.7. The fraction of sp³-hybridized carbons (Fsp3) is 0.333. The van der Waals surface area contributed by atoms with E-state index < -0.39 is 16.6 Å². The smallest absolute Gasteiger partial charge is 0.371 e. The van der Waals surface area contributed by atoms with Crippen LogP contribution in [0.2, 0.25) is 0 Å². The zero-order chi connectivity index (χ0) is 16.1. The van der Waals surface area contributed by atoms with E-state index in [-0.39, 0.29) is 17.6 Å². The number of thioether (sulfide) groups is 1. The Bertz CT molecular complexity index is 578. The second kappa shape index (κ2) is 7.60. The highest BCUT2D eigenvalue weighted by Gasteiger charge is 2.29. The van der Waals surface area contributed by atoms with Crippen LogP contribution in [-0.2, 0) is 11.3 Å². The molecule has 7 heteroatoms. The maximum Gasteiger partial charge on any atom is 0.371 e. The van der Waals surface area contributed by atoms with Gasteiger partial charge in [0.25, 0.3) is 0 Å². The standard InChI is InChI=1S/C15H17FN2O2S2/c1-10(2)18-8-12(16)13(21)17-14(18)22-15(19)20-9-11-6-4-3-5-7-11/h3-8,10,14H,9H2,1-2H3,(H,17,21). The molecule has 1 unspecified atom stereocenters. The molecule has 1 aliphatic rings. The Morgan fingerprint density at radius 1 is 1.45 bits per heavy atom. The molecule has 0 aromatic heterocycles. The Hall–Kier alpha value is -1.60. The molecule has 0 bridgehead atoms. The zero-order valence-electron chi connectivity index (χ0n) is 12.3. The van der Waals surface area contributed by atoms with E-state index in [0.29, 0.717) is 0 Å². The average molecular weight is 340 g/mol. The summed E-state index contributed by atoms with van der Waals surface area (Å²) in [5, 5.41) is 2.36. The third kappa shape index (κ3) is 4.45. The molecule has 1 aromatic carbocycles. The van der Waals surface area contributed by atoms with E-state index in [9.17, 15) is 9.18 Å². The van der Waals surface area contributed by atoms with Crippen LogP contribution in [0.4, 0.5) is 9.18 Å². The number of carbonyl (C=O) groups excluding carboxylic acids is 1. The molecule has 118 valence electrons. The van der Waals surface area contributed by atoms with Crippen molar-refractivity contribution in [2.75, 3.05) is 0 Å². The number of halogens is 1. The minimum Gasteiger partial charge on any atom is -0.453 e. The lowest BCUT2D eigenvalue weighted by Gasteiger charge is -2.36. The van der Waals surface area contributed by atoms with Gasteiger partial charge in [0.2, 0.25) is 0 Å². The first kappa shape index (κ1) is 16.8. The SMILES string of the molecule is CC(C)N1C=C(F)C(=S)NC1SC(=O)OCc1ccccc1. The van der Waals surface area contributed by atoms with Crippen LogP contribution in [0.25, 0.3) is 0 Å². The molecule has 0 saturated heterocycles. The molecule has 22 heavy (non-hydrogen) atoms. The summed E-state index contributed by atoms with van der Waals surface area (Å²) in [5.74, 6) is -0.502. The lowest BCUT2D eigenvalue weighted by Crippen LogP contribution is -2.50. The van der Waals surface area contributed by atoms with E-state index in [2.05, 4.69) is 5.32 Å². The molecule has 0 saturated carbocycles. The number of nitrogens with one attached hydrogen (secondary N) is 1. The number of carbonyl (C=O) groups is 1. The van der Waals surface area contributed by atoms with Crippen molar-refractivity contribution < 1.29 is 13.9 Å².